The first kappa shape index (κ1) is 15.4. The van der Waals surface area contributed by atoms with Gasteiger partial charge in [-0.25, -0.2) is 4.79 Å². The Morgan fingerprint density at radius 2 is 2.04 bits per heavy atom. The molecule has 5 nitrogen and oxygen atoms in total. The first-order valence-corrected chi connectivity index (χ1v) is 8.13. The Bertz CT molecular complexity index is 734. The fraction of sp³-hybridized carbons (Fsp3) is 0.176. The van der Waals surface area contributed by atoms with Crippen LogP contribution in [0.1, 0.15) is 5.56 Å². The summed E-state index contributed by atoms with van der Waals surface area (Å²) in [7, 11) is 1.75. The van der Waals surface area contributed by atoms with Gasteiger partial charge in [-0.3, -0.25) is 10.1 Å². The monoisotopic (exact) mass is 328 g/mol. The maximum Gasteiger partial charge on any atom is 0.411 e. The molecule has 6 heteroatoms. The molecule has 0 saturated carbocycles. The lowest BCUT2D eigenvalue weighted by molar-refractivity contribution is -0.116. The van der Waals surface area contributed by atoms with E-state index in [1.54, 1.807) is 18.0 Å². The minimum Gasteiger partial charge on any atom is -0.444 e. The number of amides is 2. The summed E-state index contributed by atoms with van der Waals surface area (Å²) in [4.78, 5) is 26.1. The molecule has 1 aliphatic heterocycles. The van der Waals surface area contributed by atoms with E-state index >= 15 is 0 Å². The predicted octanol–water partition coefficient (Wildman–Crippen LogP) is 3.50. The number of hydrogen-bond acceptors (Lipinski definition) is 4. The van der Waals surface area contributed by atoms with Gasteiger partial charge in [-0.2, -0.15) is 0 Å². The molecule has 3 rings (SSSR count). The van der Waals surface area contributed by atoms with Gasteiger partial charge in [0.25, 0.3) is 0 Å². The molecule has 1 aliphatic rings. The maximum atomic E-state index is 11.9. The number of hydrogen-bond donors (Lipinski definition) is 1. The second-order valence-corrected chi connectivity index (χ2v) is 6.13. The molecule has 0 radical (unpaired) electrons. The molecule has 2 aromatic rings. The Morgan fingerprint density at radius 1 is 1.26 bits per heavy atom. The molecule has 0 unspecified atom stereocenters. The molecule has 0 spiro atoms. The molecule has 0 atom stereocenters. The average Bonchev–Trinajstić information content (AvgIpc) is 2.57. The van der Waals surface area contributed by atoms with Gasteiger partial charge in [-0.05, 0) is 23.8 Å². The third-order valence-corrected chi connectivity index (χ3v) is 4.53. The topological polar surface area (TPSA) is 58.6 Å². The van der Waals surface area contributed by atoms with Gasteiger partial charge >= 0.3 is 6.09 Å². The lowest BCUT2D eigenvalue weighted by Gasteiger charge is -2.25. The minimum atomic E-state index is -0.501. The van der Waals surface area contributed by atoms with Gasteiger partial charge in [0.2, 0.25) is 5.91 Å². The van der Waals surface area contributed by atoms with Crippen molar-refractivity contribution in [3.8, 4) is 0 Å². The normalized spacial score (nSPS) is 13.4. The maximum absolute atomic E-state index is 11.9. The summed E-state index contributed by atoms with van der Waals surface area (Å²) in [6.45, 7) is 0.226. The third-order valence-electron chi connectivity index (χ3n) is 3.51. The van der Waals surface area contributed by atoms with Crippen LogP contribution in [0, 0.1) is 0 Å². The fourth-order valence-corrected chi connectivity index (χ4v) is 3.27. The molecular weight excluding hydrogens is 312 g/mol. The van der Waals surface area contributed by atoms with Gasteiger partial charge < -0.3 is 9.64 Å². The van der Waals surface area contributed by atoms with E-state index in [-0.39, 0.29) is 12.5 Å². The van der Waals surface area contributed by atoms with E-state index in [1.807, 2.05) is 42.5 Å². The van der Waals surface area contributed by atoms with Crippen LogP contribution in [-0.4, -0.2) is 24.8 Å². The summed E-state index contributed by atoms with van der Waals surface area (Å²) < 4.78 is 5.19. The zero-order valence-electron chi connectivity index (χ0n) is 12.6. The van der Waals surface area contributed by atoms with Crippen LogP contribution in [0.4, 0.5) is 16.2 Å². The van der Waals surface area contributed by atoms with Gasteiger partial charge in [-0.15, -0.1) is 11.8 Å². The Kier molecular flexibility index (Phi) is 4.52. The molecule has 0 bridgehead atoms. The standard InChI is InChI=1S/C17H16N2O3S/c1-19-14-8-7-13(9-15(14)23-11-16(19)20)18-17(21)22-10-12-5-3-2-4-6-12/h2-9H,10-11H2,1H3,(H,18,21). The van der Waals surface area contributed by atoms with Crippen molar-refractivity contribution in [3.05, 3.63) is 54.1 Å². The third kappa shape index (κ3) is 3.65. The molecule has 0 aliphatic carbocycles. The highest BCUT2D eigenvalue weighted by Crippen LogP contribution is 2.36. The van der Waals surface area contributed by atoms with Gasteiger partial charge in [0, 0.05) is 17.6 Å². The highest BCUT2D eigenvalue weighted by Gasteiger charge is 2.21. The smallest absolute Gasteiger partial charge is 0.411 e. The largest absolute Gasteiger partial charge is 0.444 e. The van der Waals surface area contributed by atoms with Gasteiger partial charge in [0.15, 0.2) is 0 Å². The molecule has 0 saturated heterocycles. The zero-order valence-corrected chi connectivity index (χ0v) is 13.4. The molecule has 1 N–H and O–H groups in total. The first-order valence-electron chi connectivity index (χ1n) is 7.14. The zero-order chi connectivity index (χ0) is 16.2. The van der Waals surface area contributed by atoms with Crippen LogP contribution in [-0.2, 0) is 16.1 Å². The van der Waals surface area contributed by atoms with Crippen LogP contribution in [0.2, 0.25) is 0 Å². The molecule has 2 amide bonds. The lowest BCUT2D eigenvalue weighted by atomic mass is 10.2. The summed E-state index contributed by atoms with van der Waals surface area (Å²) >= 11 is 1.47. The molecule has 0 aromatic heterocycles. The second-order valence-electron chi connectivity index (χ2n) is 5.11. The van der Waals surface area contributed by atoms with Crippen molar-refractivity contribution >= 4 is 35.1 Å². The number of nitrogens with zero attached hydrogens (tertiary/aromatic N) is 1. The quantitative estimate of drug-likeness (QED) is 0.937. The van der Waals surface area contributed by atoms with E-state index in [4.69, 9.17) is 4.74 Å². The Morgan fingerprint density at radius 3 is 2.83 bits per heavy atom. The summed E-state index contributed by atoms with van der Waals surface area (Å²) in [5.74, 6) is 0.483. The van der Waals surface area contributed by atoms with E-state index < -0.39 is 6.09 Å². The molecule has 23 heavy (non-hydrogen) atoms. The first-order chi connectivity index (χ1) is 11.1. The summed E-state index contributed by atoms with van der Waals surface area (Å²) in [6.07, 6.45) is -0.501. The molecular formula is C17H16N2O3S. The molecule has 1 heterocycles. The highest BCUT2D eigenvalue weighted by molar-refractivity contribution is 8.00. The number of carbonyl (C=O) groups excluding carboxylic acids is 2. The minimum absolute atomic E-state index is 0.0745. The van der Waals surface area contributed by atoms with E-state index in [0.29, 0.717) is 11.4 Å². The van der Waals surface area contributed by atoms with Crippen molar-refractivity contribution in [1.82, 2.24) is 0 Å². The van der Waals surface area contributed by atoms with Crippen LogP contribution in [0.5, 0.6) is 0 Å². The highest BCUT2D eigenvalue weighted by atomic mass is 32.2. The van der Waals surface area contributed by atoms with E-state index in [2.05, 4.69) is 5.32 Å². The fourth-order valence-electron chi connectivity index (χ4n) is 2.23. The number of rotatable bonds is 3. The van der Waals surface area contributed by atoms with Crippen molar-refractivity contribution in [2.24, 2.45) is 0 Å². The number of anilines is 2. The molecule has 0 fully saturated rings. The second kappa shape index (κ2) is 6.75. The van der Waals surface area contributed by atoms with Crippen molar-refractivity contribution in [1.29, 1.82) is 0 Å². The van der Waals surface area contributed by atoms with Crippen LogP contribution in [0.25, 0.3) is 0 Å². The Labute approximate surface area is 138 Å². The number of ether oxygens (including phenoxy) is 1. The van der Waals surface area contributed by atoms with Gasteiger partial charge in [-0.1, -0.05) is 30.3 Å². The average molecular weight is 328 g/mol. The summed E-state index contributed by atoms with van der Waals surface area (Å²) in [5, 5.41) is 2.71. The number of carbonyl (C=O) groups is 2. The van der Waals surface area contributed by atoms with Crippen molar-refractivity contribution in [3.63, 3.8) is 0 Å². The van der Waals surface area contributed by atoms with Crippen molar-refractivity contribution in [2.45, 2.75) is 11.5 Å². The number of nitrogens with one attached hydrogen (secondary N) is 1. The van der Waals surface area contributed by atoms with E-state index in [9.17, 15) is 9.59 Å². The number of benzene rings is 2. The SMILES string of the molecule is CN1C(=O)CSc2cc(NC(=O)OCc3ccccc3)ccc21. The van der Waals surface area contributed by atoms with Crippen molar-refractivity contribution in [2.75, 3.05) is 23.0 Å². The van der Waals surface area contributed by atoms with Crippen LogP contribution in [0.15, 0.2) is 53.4 Å². The van der Waals surface area contributed by atoms with Crippen molar-refractivity contribution < 1.29 is 14.3 Å². The Hall–Kier alpha value is -2.47. The number of thioether (sulfide) groups is 1. The van der Waals surface area contributed by atoms with Crippen LogP contribution in [0.3, 0.4) is 0 Å². The molecule has 118 valence electrons. The van der Waals surface area contributed by atoms with Crippen LogP contribution >= 0.6 is 11.8 Å². The Balaban J connectivity index is 1.62. The lowest BCUT2D eigenvalue weighted by Crippen LogP contribution is -2.31. The number of fused-ring (bicyclic) bond motifs is 1. The van der Waals surface area contributed by atoms with Gasteiger partial charge in [0.05, 0.1) is 11.4 Å². The van der Waals surface area contributed by atoms with Gasteiger partial charge in [0.1, 0.15) is 6.61 Å². The molecule has 2 aromatic carbocycles. The predicted molar refractivity (Wildman–Crippen MR) is 90.8 cm³/mol. The van der Waals surface area contributed by atoms with E-state index in [0.717, 1.165) is 16.1 Å². The summed E-state index contributed by atoms with van der Waals surface area (Å²) in [6, 6.07) is 14.9. The van der Waals surface area contributed by atoms with E-state index in [1.165, 1.54) is 11.8 Å². The van der Waals surface area contributed by atoms with Crippen LogP contribution < -0.4 is 10.2 Å². The summed E-state index contributed by atoms with van der Waals surface area (Å²) in [5.41, 5.74) is 2.44.